The topological polar surface area (TPSA) is 87.0 Å². The van der Waals surface area contributed by atoms with E-state index in [4.69, 9.17) is 4.52 Å². The van der Waals surface area contributed by atoms with Crippen LogP contribution in [0.3, 0.4) is 0 Å². The predicted molar refractivity (Wildman–Crippen MR) is 116 cm³/mol. The largest absolute Gasteiger partial charge is 0.360 e. The lowest BCUT2D eigenvalue weighted by Crippen LogP contribution is -2.52. The zero-order chi connectivity index (χ0) is 22.9. The second kappa shape index (κ2) is 9.29. The van der Waals surface area contributed by atoms with E-state index in [1.165, 1.54) is 10.4 Å². The number of rotatable bonds is 5. The van der Waals surface area contributed by atoms with Gasteiger partial charge in [-0.15, -0.1) is 0 Å². The molecule has 8 nitrogen and oxygen atoms in total. The van der Waals surface area contributed by atoms with Crippen LogP contribution in [0.4, 0.5) is 4.39 Å². The minimum atomic E-state index is -3.76. The van der Waals surface area contributed by atoms with Gasteiger partial charge in [0.1, 0.15) is 16.4 Å². The van der Waals surface area contributed by atoms with Crippen LogP contribution in [0.15, 0.2) is 33.7 Å². The summed E-state index contributed by atoms with van der Waals surface area (Å²) in [5, 5.41) is 3.76. The lowest BCUT2D eigenvalue weighted by Gasteiger charge is -2.38. The first-order chi connectivity index (χ1) is 15.3. The van der Waals surface area contributed by atoms with E-state index in [-0.39, 0.29) is 34.8 Å². The lowest BCUT2D eigenvalue weighted by atomic mass is 9.97. The Morgan fingerprint density at radius 3 is 2.53 bits per heavy atom. The second-order valence-electron chi connectivity index (χ2n) is 8.55. The molecule has 4 rings (SSSR count). The molecule has 174 valence electrons. The Morgan fingerprint density at radius 1 is 1.16 bits per heavy atom. The molecule has 1 unspecified atom stereocenters. The van der Waals surface area contributed by atoms with Crippen molar-refractivity contribution in [2.24, 2.45) is 5.92 Å². The minimum Gasteiger partial charge on any atom is -0.360 e. The highest BCUT2D eigenvalue weighted by atomic mass is 32.2. The van der Waals surface area contributed by atoms with E-state index in [1.807, 2.05) is 11.0 Å². The molecule has 0 N–H and O–H groups in total. The van der Waals surface area contributed by atoms with Crippen molar-refractivity contribution in [1.82, 2.24) is 19.3 Å². The predicted octanol–water partition coefficient (Wildman–Crippen LogP) is 2.18. The highest BCUT2D eigenvalue weighted by molar-refractivity contribution is 7.89. The van der Waals surface area contributed by atoms with Crippen LogP contribution >= 0.6 is 0 Å². The molecule has 2 aliphatic heterocycles. The van der Waals surface area contributed by atoms with Crippen molar-refractivity contribution in [1.29, 1.82) is 0 Å². The molecule has 2 aliphatic rings. The Bertz CT molecular complexity index is 1060. The molecular formula is C22H29FN4O4S. The smallest absolute Gasteiger partial charge is 0.248 e. The monoisotopic (exact) mass is 464 g/mol. The zero-order valence-corrected chi connectivity index (χ0v) is 19.3. The molecule has 32 heavy (non-hydrogen) atoms. The van der Waals surface area contributed by atoms with E-state index < -0.39 is 10.0 Å². The Morgan fingerprint density at radius 2 is 1.88 bits per heavy atom. The fraction of sp³-hybridized carbons (Fsp3) is 0.545. The number of aryl methyl sites for hydroxylation is 2. The van der Waals surface area contributed by atoms with Crippen LogP contribution in [0.5, 0.6) is 0 Å². The second-order valence-corrected chi connectivity index (χ2v) is 10.4. The van der Waals surface area contributed by atoms with Crippen molar-refractivity contribution < 1.29 is 22.1 Å². The number of nitrogens with zero attached hydrogens (tertiary/aromatic N) is 4. The molecule has 1 aromatic heterocycles. The lowest BCUT2D eigenvalue weighted by molar-refractivity contribution is -0.138. The van der Waals surface area contributed by atoms with Crippen LogP contribution < -0.4 is 0 Å². The summed E-state index contributed by atoms with van der Waals surface area (Å²) in [6.45, 7) is 6.69. The van der Waals surface area contributed by atoms with Crippen molar-refractivity contribution in [2.45, 2.75) is 38.1 Å². The molecular weight excluding hydrogens is 435 g/mol. The van der Waals surface area contributed by atoms with Crippen LogP contribution in [-0.2, 0) is 21.4 Å². The van der Waals surface area contributed by atoms with Crippen molar-refractivity contribution in [3.8, 4) is 0 Å². The van der Waals surface area contributed by atoms with Gasteiger partial charge < -0.3 is 9.42 Å². The van der Waals surface area contributed by atoms with Crippen molar-refractivity contribution in [3.05, 3.63) is 47.1 Å². The fourth-order valence-electron chi connectivity index (χ4n) is 4.59. The average molecular weight is 465 g/mol. The van der Waals surface area contributed by atoms with Gasteiger partial charge in [0.25, 0.3) is 0 Å². The first-order valence-corrected chi connectivity index (χ1v) is 12.4. The Kier molecular flexibility index (Phi) is 6.64. The third-order valence-electron chi connectivity index (χ3n) is 6.33. The number of benzene rings is 1. The summed E-state index contributed by atoms with van der Waals surface area (Å²) in [4.78, 5) is 17.2. The van der Waals surface area contributed by atoms with Crippen molar-refractivity contribution in [2.75, 3.05) is 39.3 Å². The molecule has 0 bridgehead atoms. The number of aromatic nitrogens is 1. The molecule has 0 saturated carbocycles. The van der Waals surface area contributed by atoms with Gasteiger partial charge in [0, 0.05) is 51.4 Å². The highest BCUT2D eigenvalue weighted by Crippen LogP contribution is 2.28. The van der Waals surface area contributed by atoms with Crippen LogP contribution in [0.1, 0.15) is 29.9 Å². The van der Waals surface area contributed by atoms with Crippen LogP contribution in [0.2, 0.25) is 0 Å². The maximum atomic E-state index is 13.9. The van der Waals surface area contributed by atoms with Crippen LogP contribution in [-0.4, -0.2) is 72.9 Å². The molecule has 0 radical (unpaired) electrons. The maximum absolute atomic E-state index is 13.9. The van der Waals surface area contributed by atoms with Gasteiger partial charge in [0.15, 0.2) is 5.76 Å². The Labute approximate surface area is 188 Å². The maximum Gasteiger partial charge on any atom is 0.248 e. The fourth-order valence-corrected chi connectivity index (χ4v) is 6.40. The van der Waals surface area contributed by atoms with Crippen LogP contribution in [0.25, 0.3) is 0 Å². The highest BCUT2D eigenvalue weighted by Gasteiger charge is 2.38. The summed E-state index contributed by atoms with van der Waals surface area (Å²) in [6.07, 6.45) is 1.30. The molecule has 1 amide bonds. The molecule has 2 fully saturated rings. The van der Waals surface area contributed by atoms with E-state index in [2.05, 4.69) is 10.1 Å². The number of piperazine rings is 1. The molecule has 1 atom stereocenters. The summed E-state index contributed by atoms with van der Waals surface area (Å²) in [5.74, 6) is -0.318. The molecule has 2 aromatic rings. The summed E-state index contributed by atoms with van der Waals surface area (Å²) in [6, 6.07) is 6.74. The summed E-state index contributed by atoms with van der Waals surface area (Å²) in [5.41, 5.74) is 0.988. The van der Waals surface area contributed by atoms with Gasteiger partial charge >= 0.3 is 0 Å². The van der Waals surface area contributed by atoms with Gasteiger partial charge in [-0.3, -0.25) is 9.69 Å². The van der Waals surface area contributed by atoms with E-state index in [1.54, 1.807) is 26.0 Å². The van der Waals surface area contributed by atoms with E-state index >= 15 is 0 Å². The summed E-state index contributed by atoms with van der Waals surface area (Å²) >= 11 is 0. The SMILES string of the molecule is Cc1noc(C)c1S(=O)(=O)N1CCCC(C(=O)N2CCN(Cc3ccccc3F)CC2)C1. The van der Waals surface area contributed by atoms with Gasteiger partial charge in [0.2, 0.25) is 15.9 Å². The number of hydrogen-bond acceptors (Lipinski definition) is 6. The van der Waals surface area contributed by atoms with Gasteiger partial charge in [-0.1, -0.05) is 23.4 Å². The molecule has 0 aliphatic carbocycles. The number of piperidine rings is 1. The number of carbonyl (C=O) groups is 1. The summed E-state index contributed by atoms with van der Waals surface area (Å²) < 4.78 is 46.6. The van der Waals surface area contributed by atoms with E-state index in [0.717, 1.165) is 0 Å². The summed E-state index contributed by atoms with van der Waals surface area (Å²) in [7, 11) is -3.76. The third-order valence-corrected chi connectivity index (χ3v) is 8.45. The molecule has 10 heteroatoms. The standard InChI is InChI=1S/C22H29FN4O4S/c1-16-21(17(2)31-24-16)32(29,30)27-9-5-7-19(15-27)22(28)26-12-10-25(11-13-26)14-18-6-3-4-8-20(18)23/h3-4,6,8,19H,5,7,9-15H2,1-2H3. The first-order valence-electron chi connectivity index (χ1n) is 10.9. The average Bonchev–Trinajstić information content (AvgIpc) is 3.14. The van der Waals surface area contributed by atoms with Crippen molar-refractivity contribution >= 4 is 15.9 Å². The molecule has 0 spiro atoms. The molecule has 1 aromatic carbocycles. The number of hydrogen-bond donors (Lipinski definition) is 0. The molecule has 3 heterocycles. The number of amides is 1. The minimum absolute atomic E-state index is 0.00537. The number of carbonyl (C=O) groups excluding carboxylic acids is 1. The number of halogens is 1. The third kappa shape index (κ3) is 4.57. The van der Waals surface area contributed by atoms with Gasteiger partial charge in [0.05, 0.1) is 5.92 Å². The van der Waals surface area contributed by atoms with Crippen LogP contribution in [0, 0.1) is 25.6 Å². The normalized spacial score (nSPS) is 21.1. The van der Waals surface area contributed by atoms with Gasteiger partial charge in [-0.05, 0) is 32.8 Å². The van der Waals surface area contributed by atoms with Gasteiger partial charge in [-0.2, -0.15) is 4.31 Å². The van der Waals surface area contributed by atoms with Crippen molar-refractivity contribution in [3.63, 3.8) is 0 Å². The first kappa shape index (κ1) is 22.9. The quantitative estimate of drug-likeness (QED) is 0.674. The zero-order valence-electron chi connectivity index (χ0n) is 18.5. The van der Waals surface area contributed by atoms with E-state index in [9.17, 15) is 17.6 Å². The van der Waals surface area contributed by atoms with E-state index in [0.29, 0.717) is 63.4 Å². The van der Waals surface area contributed by atoms with Gasteiger partial charge in [-0.25, -0.2) is 12.8 Å². The Hall–Kier alpha value is -2.30. The number of sulfonamides is 1. The Balaban J connectivity index is 1.36. The molecule has 2 saturated heterocycles.